The van der Waals surface area contributed by atoms with E-state index in [4.69, 9.17) is 21.1 Å². The minimum absolute atomic E-state index is 0.165. The number of rotatable bonds is 6. The van der Waals surface area contributed by atoms with Crippen LogP contribution in [0.4, 0.5) is 4.79 Å². The summed E-state index contributed by atoms with van der Waals surface area (Å²) in [5.74, 6) is 1.43. The molecule has 0 bridgehead atoms. The summed E-state index contributed by atoms with van der Waals surface area (Å²) in [6, 6.07) is 3.52. The highest BCUT2D eigenvalue weighted by atomic mass is 79.9. The van der Waals surface area contributed by atoms with Crippen molar-refractivity contribution in [1.29, 1.82) is 0 Å². The van der Waals surface area contributed by atoms with Gasteiger partial charge in [0.1, 0.15) is 11.5 Å². The van der Waals surface area contributed by atoms with Crippen LogP contribution in [0.5, 0.6) is 11.5 Å². The molecule has 0 aromatic heterocycles. The Morgan fingerprint density at radius 3 is 2.58 bits per heavy atom. The molecule has 1 aromatic carbocycles. The van der Waals surface area contributed by atoms with E-state index in [2.05, 4.69) is 26.0 Å². The van der Waals surface area contributed by atoms with Gasteiger partial charge in [-0.3, -0.25) is 0 Å². The molecular formula is C12H15BrClNO4. The van der Waals surface area contributed by atoms with Gasteiger partial charge in [-0.15, -0.1) is 0 Å². The minimum atomic E-state index is -0.543. The number of benzene rings is 1. The van der Waals surface area contributed by atoms with Crippen LogP contribution in [0.1, 0.15) is 5.56 Å². The standard InChI is InChI=1S/C12H15BrClNO4/c1-17-10-6-9(13)11(18-2)5-8(10)3-4-15-12(16)19-7-14/h5-6H,3-4,7H2,1-2H3,(H,15,16). The summed E-state index contributed by atoms with van der Waals surface area (Å²) < 4.78 is 15.9. The number of carbonyl (C=O) groups is 1. The third kappa shape index (κ3) is 4.80. The summed E-state index contributed by atoms with van der Waals surface area (Å²) >= 11 is 8.66. The highest BCUT2D eigenvalue weighted by molar-refractivity contribution is 9.10. The second kappa shape index (κ2) is 8.12. The van der Waals surface area contributed by atoms with Gasteiger partial charge in [-0.05, 0) is 40.0 Å². The van der Waals surface area contributed by atoms with Crippen LogP contribution in [-0.2, 0) is 11.2 Å². The third-order valence-electron chi connectivity index (χ3n) is 2.40. The van der Waals surface area contributed by atoms with Crippen molar-refractivity contribution in [3.63, 3.8) is 0 Å². The number of halogens is 2. The molecular weight excluding hydrogens is 337 g/mol. The van der Waals surface area contributed by atoms with Gasteiger partial charge >= 0.3 is 6.09 Å². The molecule has 1 aromatic rings. The summed E-state index contributed by atoms with van der Waals surface area (Å²) in [6.07, 6.45) is 0.0440. The summed E-state index contributed by atoms with van der Waals surface area (Å²) in [6.45, 7) is 0.414. The fourth-order valence-electron chi connectivity index (χ4n) is 1.52. The quantitative estimate of drug-likeness (QED) is 0.800. The van der Waals surface area contributed by atoms with E-state index in [1.54, 1.807) is 14.2 Å². The van der Waals surface area contributed by atoms with Crippen molar-refractivity contribution in [1.82, 2.24) is 5.32 Å². The Kier molecular flexibility index (Phi) is 6.80. The first kappa shape index (κ1) is 15.9. The van der Waals surface area contributed by atoms with Crippen LogP contribution >= 0.6 is 27.5 Å². The van der Waals surface area contributed by atoms with Gasteiger partial charge in [-0.25, -0.2) is 4.79 Å². The predicted molar refractivity (Wildman–Crippen MR) is 76.2 cm³/mol. The average molecular weight is 353 g/mol. The highest BCUT2D eigenvalue weighted by Crippen LogP contribution is 2.32. The van der Waals surface area contributed by atoms with E-state index in [-0.39, 0.29) is 6.07 Å². The average Bonchev–Trinajstić information content (AvgIpc) is 2.40. The zero-order valence-corrected chi connectivity index (χ0v) is 13.0. The van der Waals surface area contributed by atoms with Crippen molar-refractivity contribution in [2.75, 3.05) is 26.8 Å². The Morgan fingerprint density at radius 1 is 1.32 bits per heavy atom. The number of hydrogen-bond acceptors (Lipinski definition) is 4. The van der Waals surface area contributed by atoms with E-state index >= 15 is 0 Å². The lowest BCUT2D eigenvalue weighted by Crippen LogP contribution is -2.26. The normalized spacial score (nSPS) is 9.89. The van der Waals surface area contributed by atoms with Gasteiger partial charge in [0.15, 0.2) is 6.07 Å². The van der Waals surface area contributed by atoms with Crippen LogP contribution in [0.2, 0.25) is 0 Å². The van der Waals surface area contributed by atoms with Crippen LogP contribution in [0, 0.1) is 0 Å². The monoisotopic (exact) mass is 351 g/mol. The third-order valence-corrected chi connectivity index (χ3v) is 3.13. The molecule has 0 heterocycles. The van der Waals surface area contributed by atoms with Crippen molar-refractivity contribution < 1.29 is 19.0 Å². The molecule has 0 atom stereocenters. The van der Waals surface area contributed by atoms with Crippen molar-refractivity contribution in [3.8, 4) is 11.5 Å². The largest absolute Gasteiger partial charge is 0.496 e. The fraction of sp³-hybridized carbons (Fsp3) is 0.417. The SMILES string of the molecule is COc1cc(CCNC(=O)OCCl)c(OC)cc1Br. The smallest absolute Gasteiger partial charge is 0.408 e. The van der Waals surface area contributed by atoms with E-state index in [9.17, 15) is 4.79 Å². The first-order valence-electron chi connectivity index (χ1n) is 5.49. The lowest BCUT2D eigenvalue weighted by molar-refractivity contribution is 0.164. The summed E-state index contributed by atoms with van der Waals surface area (Å²) in [5, 5.41) is 2.58. The van der Waals surface area contributed by atoms with Crippen LogP contribution in [0.25, 0.3) is 0 Å². The van der Waals surface area contributed by atoms with Crippen LogP contribution in [0.15, 0.2) is 16.6 Å². The zero-order chi connectivity index (χ0) is 14.3. The summed E-state index contributed by atoms with van der Waals surface area (Å²) in [5.41, 5.74) is 0.925. The molecule has 5 nitrogen and oxygen atoms in total. The number of carbonyl (C=O) groups excluding carboxylic acids is 1. The summed E-state index contributed by atoms with van der Waals surface area (Å²) in [7, 11) is 3.18. The van der Waals surface area contributed by atoms with Crippen molar-refractivity contribution >= 4 is 33.6 Å². The van der Waals surface area contributed by atoms with Gasteiger partial charge in [-0.1, -0.05) is 11.6 Å². The van der Waals surface area contributed by atoms with Gasteiger partial charge < -0.3 is 19.5 Å². The fourth-order valence-corrected chi connectivity index (χ4v) is 2.10. The summed E-state index contributed by atoms with van der Waals surface area (Å²) in [4.78, 5) is 11.1. The van der Waals surface area contributed by atoms with E-state index in [0.29, 0.717) is 18.7 Å². The molecule has 0 radical (unpaired) electrons. The molecule has 0 aliphatic heterocycles. The maximum atomic E-state index is 11.1. The molecule has 19 heavy (non-hydrogen) atoms. The molecule has 0 spiro atoms. The first-order chi connectivity index (χ1) is 9.12. The molecule has 0 aliphatic rings. The molecule has 1 N–H and O–H groups in total. The maximum absolute atomic E-state index is 11.1. The Labute approximate surface area is 125 Å². The van der Waals surface area contributed by atoms with Crippen molar-refractivity contribution in [3.05, 3.63) is 22.2 Å². The number of alkyl halides is 1. The van der Waals surface area contributed by atoms with Crippen molar-refractivity contribution in [2.45, 2.75) is 6.42 Å². The van der Waals surface area contributed by atoms with E-state index < -0.39 is 6.09 Å². The van der Waals surface area contributed by atoms with E-state index in [0.717, 1.165) is 15.8 Å². The van der Waals surface area contributed by atoms with Gasteiger partial charge in [0.2, 0.25) is 0 Å². The second-order valence-corrected chi connectivity index (χ2v) is 4.59. The predicted octanol–water partition coefficient (Wildman–Crippen LogP) is 2.93. The Balaban J connectivity index is 2.68. The van der Waals surface area contributed by atoms with Gasteiger partial charge in [0.05, 0.1) is 18.7 Å². The Morgan fingerprint density at radius 2 is 2.00 bits per heavy atom. The zero-order valence-electron chi connectivity index (χ0n) is 10.7. The van der Waals surface area contributed by atoms with E-state index in [1.165, 1.54) is 0 Å². The van der Waals surface area contributed by atoms with Gasteiger partial charge in [0.25, 0.3) is 0 Å². The van der Waals surface area contributed by atoms with Crippen LogP contribution in [0.3, 0.4) is 0 Å². The highest BCUT2D eigenvalue weighted by Gasteiger charge is 2.10. The van der Waals surface area contributed by atoms with Gasteiger partial charge in [0, 0.05) is 6.54 Å². The molecule has 0 aliphatic carbocycles. The molecule has 0 saturated carbocycles. The molecule has 0 fully saturated rings. The number of hydrogen-bond donors (Lipinski definition) is 1. The first-order valence-corrected chi connectivity index (χ1v) is 6.82. The number of alkyl carbamates (subject to hydrolysis) is 1. The minimum Gasteiger partial charge on any atom is -0.496 e. The molecule has 7 heteroatoms. The van der Waals surface area contributed by atoms with Crippen LogP contribution < -0.4 is 14.8 Å². The lowest BCUT2D eigenvalue weighted by Gasteiger charge is -2.12. The van der Waals surface area contributed by atoms with Gasteiger partial charge in [-0.2, -0.15) is 0 Å². The van der Waals surface area contributed by atoms with Crippen LogP contribution in [-0.4, -0.2) is 32.9 Å². The number of methoxy groups -OCH3 is 2. The number of amides is 1. The molecule has 0 unspecified atom stereocenters. The topological polar surface area (TPSA) is 56.8 Å². The number of ether oxygens (including phenoxy) is 3. The molecule has 106 valence electrons. The number of nitrogens with one attached hydrogen (secondary N) is 1. The van der Waals surface area contributed by atoms with E-state index in [1.807, 2.05) is 12.1 Å². The molecule has 1 rings (SSSR count). The lowest BCUT2D eigenvalue weighted by atomic mass is 10.1. The second-order valence-electron chi connectivity index (χ2n) is 3.52. The van der Waals surface area contributed by atoms with Crippen molar-refractivity contribution in [2.24, 2.45) is 0 Å². The molecule has 0 saturated heterocycles. The Bertz CT molecular complexity index is 442. The maximum Gasteiger partial charge on any atom is 0.408 e. The molecule has 1 amide bonds. The Hall–Kier alpha value is -1.14.